The largest absolute Gasteiger partial charge is 0.371 e. The van der Waals surface area contributed by atoms with Crippen molar-refractivity contribution in [1.29, 1.82) is 0 Å². The van der Waals surface area contributed by atoms with Crippen molar-refractivity contribution >= 4 is 6.29 Å². The Bertz CT molecular complexity index is 514. The van der Waals surface area contributed by atoms with Crippen LogP contribution in [0, 0.1) is 5.92 Å². The fourth-order valence-corrected chi connectivity index (χ4v) is 2.83. The average Bonchev–Trinajstić information content (AvgIpc) is 2.60. The van der Waals surface area contributed by atoms with Gasteiger partial charge in [-0.25, -0.2) is 0 Å². The van der Waals surface area contributed by atoms with Gasteiger partial charge in [0.05, 0.1) is 5.57 Å². The summed E-state index contributed by atoms with van der Waals surface area (Å²) in [5.41, 5.74) is 1.80. The number of carbonyl (C=O) groups is 1. The van der Waals surface area contributed by atoms with Gasteiger partial charge in [0.1, 0.15) is 5.82 Å². The number of allylic oxidation sites excluding steroid dienone is 6. The summed E-state index contributed by atoms with van der Waals surface area (Å²) in [5, 5.41) is 3.43. The average molecular weight is 300 g/mol. The van der Waals surface area contributed by atoms with E-state index in [4.69, 9.17) is 0 Å². The molecular weight excluding hydrogens is 272 g/mol. The molecule has 0 spiro atoms. The zero-order valence-electron chi connectivity index (χ0n) is 14.2. The highest BCUT2D eigenvalue weighted by atomic mass is 16.1. The SMILES string of the molecule is C=C/C=C\C(=C/C)[C@@H]1CN/C(=C(/C=C)C=O)N(C)C(C)(C)C1. The molecule has 0 aromatic rings. The zero-order valence-corrected chi connectivity index (χ0v) is 14.2. The van der Waals surface area contributed by atoms with Crippen LogP contribution in [0.4, 0.5) is 0 Å². The summed E-state index contributed by atoms with van der Waals surface area (Å²) in [5.74, 6) is 1.22. The molecule has 1 aliphatic heterocycles. The van der Waals surface area contributed by atoms with Crippen LogP contribution in [-0.2, 0) is 4.79 Å². The summed E-state index contributed by atoms with van der Waals surface area (Å²) in [6.07, 6.45) is 11.5. The van der Waals surface area contributed by atoms with E-state index in [9.17, 15) is 4.79 Å². The highest BCUT2D eigenvalue weighted by Crippen LogP contribution is 2.32. The van der Waals surface area contributed by atoms with E-state index < -0.39 is 0 Å². The number of nitrogens with one attached hydrogen (secondary N) is 1. The Morgan fingerprint density at radius 1 is 1.41 bits per heavy atom. The van der Waals surface area contributed by atoms with Gasteiger partial charge in [-0.3, -0.25) is 4.79 Å². The summed E-state index contributed by atoms with van der Waals surface area (Å²) >= 11 is 0. The Labute approximate surface area is 134 Å². The smallest absolute Gasteiger partial charge is 0.153 e. The van der Waals surface area contributed by atoms with Gasteiger partial charge in [0.15, 0.2) is 6.29 Å². The minimum Gasteiger partial charge on any atom is -0.371 e. The highest BCUT2D eigenvalue weighted by molar-refractivity contribution is 5.78. The Kier molecular flexibility index (Phi) is 6.41. The second-order valence-electron chi connectivity index (χ2n) is 6.16. The molecule has 22 heavy (non-hydrogen) atoms. The molecule has 1 atom stereocenters. The predicted molar refractivity (Wildman–Crippen MR) is 94.3 cm³/mol. The lowest BCUT2D eigenvalue weighted by molar-refractivity contribution is -0.104. The van der Waals surface area contributed by atoms with Crippen LogP contribution in [0.1, 0.15) is 27.2 Å². The normalized spacial score (nSPS) is 24.5. The molecule has 0 radical (unpaired) electrons. The monoisotopic (exact) mass is 300 g/mol. The van der Waals surface area contributed by atoms with Crippen LogP contribution in [-0.4, -0.2) is 30.3 Å². The molecule has 0 bridgehead atoms. The second-order valence-corrected chi connectivity index (χ2v) is 6.16. The minimum absolute atomic E-state index is 0.0724. The van der Waals surface area contributed by atoms with Gasteiger partial charge in [0.25, 0.3) is 0 Å². The van der Waals surface area contributed by atoms with Crippen LogP contribution in [0.3, 0.4) is 0 Å². The maximum atomic E-state index is 11.3. The third kappa shape index (κ3) is 4.00. The lowest BCUT2D eigenvalue weighted by atomic mass is 9.85. The summed E-state index contributed by atoms with van der Waals surface area (Å²) in [6, 6.07) is 0. The maximum Gasteiger partial charge on any atom is 0.153 e. The van der Waals surface area contributed by atoms with Crippen molar-refractivity contribution in [3.05, 3.63) is 60.5 Å². The third-order valence-electron chi connectivity index (χ3n) is 4.36. The number of carbonyl (C=O) groups excluding carboxylic acids is 1. The fraction of sp³-hybridized carbons (Fsp3) is 0.421. The topological polar surface area (TPSA) is 32.3 Å². The van der Waals surface area contributed by atoms with Gasteiger partial charge in [0.2, 0.25) is 0 Å². The van der Waals surface area contributed by atoms with E-state index in [2.05, 4.69) is 56.3 Å². The number of hydrogen-bond acceptors (Lipinski definition) is 3. The van der Waals surface area contributed by atoms with Gasteiger partial charge >= 0.3 is 0 Å². The van der Waals surface area contributed by atoms with Crippen LogP contribution in [0.25, 0.3) is 0 Å². The molecule has 1 heterocycles. The number of hydrogen-bond donors (Lipinski definition) is 1. The molecule has 1 aliphatic rings. The molecule has 3 nitrogen and oxygen atoms in total. The van der Waals surface area contributed by atoms with E-state index in [1.54, 1.807) is 12.2 Å². The van der Waals surface area contributed by atoms with E-state index in [1.165, 1.54) is 5.57 Å². The molecule has 3 heteroatoms. The van der Waals surface area contributed by atoms with Gasteiger partial charge in [-0.15, -0.1) is 0 Å². The lowest BCUT2D eigenvalue weighted by Gasteiger charge is -2.38. The first-order valence-corrected chi connectivity index (χ1v) is 7.66. The van der Waals surface area contributed by atoms with Crippen LogP contribution in [0.15, 0.2) is 60.5 Å². The van der Waals surface area contributed by atoms with Crippen molar-refractivity contribution < 1.29 is 4.79 Å². The maximum absolute atomic E-state index is 11.3. The molecule has 120 valence electrons. The number of rotatable bonds is 5. The fourth-order valence-electron chi connectivity index (χ4n) is 2.83. The van der Waals surface area contributed by atoms with Crippen molar-refractivity contribution in [3.8, 4) is 0 Å². The van der Waals surface area contributed by atoms with Crippen LogP contribution < -0.4 is 5.32 Å². The van der Waals surface area contributed by atoms with Crippen molar-refractivity contribution in [2.24, 2.45) is 5.92 Å². The second kappa shape index (κ2) is 7.83. The molecule has 1 N–H and O–H groups in total. The lowest BCUT2D eigenvalue weighted by Crippen LogP contribution is -2.42. The van der Waals surface area contributed by atoms with Crippen molar-refractivity contribution in [3.63, 3.8) is 0 Å². The summed E-state index contributed by atoms with van der Waals surface area (Å²) in [4.78, 5) is 13.4. The van der Waals surface area contributed by atoms with Crippen LogP contribution in [0.2, 0.25) is 0 Å². The van der Waals surface area contributed by atoms with E-state index in [-0.39, 0.29) is 5.54 Å². The van der Waals surface area contributed by atoms with E-state index in [0.717, 1.165) is 25.1 Å². The zero-order chi connectivity index (χ0) is 16.8. The number of aldehydes is 1. The molecule has 1 rings (SSSR count). The van der Waals surface area contributed by atoms with Gasteiger partial charge in [-0.05, 0) is 32.8 Å². The van der Waals surface area contributed by atoms with Gasteiger partial charge in [-0.1, -0.05) is 43.5 Å². The van der Waals surface area contributed by atoms with Crippen molar-refractivity contribution in [1.82, 2.24) is 10.2 Å². The molecule has 0 amide bonds. The van der Waals surface area contributed by atoms with Crippen LogP contribution in [0.5, 0.6) is 0 Å². The standard InChI is InChI=1S/C19H28N2O/c1-7-10-11-15(8-2)17-12-19(4,5)21(6)18(20-13-17)16(9-3)14-22/h7-11,14,17,20H,1,3,12-13H2,2,4-6H3/b11-10-,15-8+,18-16+/t17-/m0/s1. The molecule has 1 fully saturated rings. The third-order valence-corrected chi connectivity index (χ3v) is 4.36. The van der Waals surface area contributed by atoms with Gasteiger partial charge < -0.3 is 10.2 Å². The predicted octanol–water partition coefficient (Wildman–Crippen LogP) is 3.59. The van der Waals surface area contributed by atoms with Crippen LogP contribution >= 0.6 is 0 Å². The summed E-state index contributed by atoms with van der Waals surface area (Å²) in [6.45, 7) is 14.7. The minimum atomic E-state index is -0.0724. The molecule has 0 aliphatic carbocycles. The molecule has 0 aromatic carbocycles. The molecular formula is C19H28N2O. The first-order chi connectivity index (χ1) is 10.4. The molecule has 0 aromatic heterocycles. The molecule has 0 unspecified atom stereocenters. The number of nitrogens with zero attached hydrogens (tertiary/aromatic N) is 1. The van der Waals surface area contributed by atoms with E-state index >= 15 is 0 Å². The van der Waals surface area contributed by atoms with Crippen molar-refractivity contribution in [2.45, 2.75) is 32.7 Å². The quantitative estimate of drug-likeness (QED) is 0.478. The van der Waals surface area contributed by atoms with E-state index in [0.29, 0.717) is 11.5 Å². The highest BCUT2D eigenvalue weighted by Gasteiger charge is 2.34. The van der Waals surface area contributed by atoms with Crippen molar-refractivity contribution in [2.75, 3.05) is 13.6 Å². The van der Waals surface area contributed by atoms with E-state index in [1.807, 2.05) is 13.1 Å². The van der Waals surface area contributed by atoms with Gasteiger partial charge in [-0.2, -0.15) is 0 Å². The Balaban J connectivity index is 3.21. The molecule has 0 saturated carbocycles. The Morgan fingerprint density at radius 2 is 2.09 bits per heavy atom. The Morgan fingerprint density at radius 3 is 2.59 bits per heavy atom. The molecule has 1 saturated heterocycles. The van der Waals surface area contributed by atoms with Gasteiger partial charge in [0, 0.05) is 25.0 Å². The summed E-state index contributed by atoms with van der Waals surface area (Å²) < 4.78 is 0. The first-order valence-electron chi connectivity index (χ1n) is 7.66. The summed E-state index contributed by atoms with van der Waals surface area (Å²) in [7, 11) is 2.02. The first kappa shape index (κ1) is 18.0. The Hall–Kier alpha value is -2.03.